The van der Waals surface area contributed by atoms with Gasteiger partial charge in [0, 0.05) is 17.8 Å². The zero-order chi connectivity index (χ0) is 16.4. The number of rotatable bonds is 4. The number of carbonyl (C=O) groups excluding carboxylic acids is 1. The smallest absolute Gasteiger partial charge is 0.326 e. The van der Waals surface area contributed by atoms with Gasteiger partial charge in [-0.25, -0.2) is 4.79 Å². The number of carboxylic acid groups (broad SMARTS) is 1. The Bertz CT molecular complexity index is 744. The lowest BCUT2D eigenvalue weighted by Gasteiger charge is -2.20. The molecule has 120 valence electrons. The summed E-state index contributed by atoms with van der Waals surface area (Å²) in [6.07, 6.45) is 4.30. The van der Waals surface area contributed by atoms with Gasteiger partial charge in [0.15, 0.2) is 0 Å². The van der Waals surface area contributed by atoms with Gasteiger partial charge in [0.2, 0.25) is 0 Å². The lowest BCUT2D eigenvalue weighted by Crippen LogP contribution is -2.40. The van der Waals surface area contributed by atoms with Gasteiger partial charge in [-0.3, -0.25) is 9.48 Å². The van der Waals surface area contributed by atoms with Crippen molar-refractivity contribution in [1.82, 2.24) is 14.7 Å². The van der Waals surface area contributed by atoms with Crippen molar-refractivity contribution in [3.8, 4) is 0 Å². The molecule has 1 fully saturated rings. The average Bonchev–Trinajstić information content (AvgIpc) is 3.18. The highest BCUT2D eigenvalue weighted by Crippen LogP contribution is 2.21. The zero-order valence-corrected chi connectivity index (χ0v) is 13.1. The lowest BCUT2D eigenvalue weighted by atomic mass is 10.2. The van der Waals surface area contributed by atoms with Crippen LogP contribution in [0.5, 0.6) is 0 Å². The van der Waals surface area contributed by atoms with E-state index in [1.54, 1.807) is 16.9 Å². The summed E-state index contributed by atoms with van der Waals surface area (Å²) in [5.41, 5.74) is 1.30. The molecule has 1 saturated heterocycles. The lowest BCUT2D eigenvalue weighted by molar-refractivity contribution is -0.141. The average molecular weight is 334 g/mol. The summed E-state index contributed by atoms with van der Waals surface area (Å²) in [7, 11) is 0. The van der Waals surface area contributed by atoms with E-state index >= 15 is 0 Å². The van der Waals surface area contributed by atoms with Gasteiger partial charge in [0.25, 0.3) is 5.91 Å². The second-order valence-corrected chi connectivity index (χ2v) is 5.92. The van der Waals surface area contributed by atoms with Gasteiger partial charge in [-0.1, -0.05) is 29.8 Å². The molecule has 0 unspecified atom stereocenters. The van der Waals surface area contributed by atoms with Crippen LogP contribution in [0.2, 0.25) is 5.02 Å². The fourth-order valence-electron chi connectivity index (χ4n) is 2.79. The summed E-state index contributed by atoms with van der Waals surface area (Å²) in [5, 5.41) is 14.0. The van der Waals surface area contributed by atoms with E-state index in [-0.39, 0.29) is 5.91 Å². The number of nitrogens with zero attached hydrogens (tertiary/aromatic N) is 3. The monoisotopic (exact) mass is 333 g/mol. The Balaban J connectivity index is 1.75. The number of amides is 1. The third kappa shape index (κ3) is 3.22. The molecule has 7 heteroatoms. The number of hydrogen-bond acceptors (Lipinski definition) is 3. The van der Waals surface area contributed by atoms with E-state index in [1.807, 2.05) is 18.2 Å². The van der Waals surface area contributed by atoms with Crippen molar-refractivity contribution in [2.75, 3.05) is 6.54 Å². The topological polar surface area (TPSA) is 75.4 Å². The summed E-state index contributed by atoms with van der Waals surface area (Å²) >= 11 is 6.12. The Labute approximate surface area is 138 Å². The highest BCUT2D eigenvalue weighted by atomic mass is 35.5. The molecule has 1 aromatic carbocycles. The summed E-state index contributed by atoms with van der Waals surface area (Å²) in [5.74, 6) is -1.25. The van der Waals surface area contributed by atoms with Crippen molar-refractivity contribution in [1.29, 1.82) is 0 Å². The Morgan fingerprint density at radius 1 is 1.35 bits per heavy atom. The van der Waals surface area contributed by atoms with E-state index in [4.69, 9.17) is 11.6 Å². The highest BCUT2D eigenvalue weighted by molar-refractivity contribution is 6.31. The molecule has 0 bridgehead atoms. The van der Waals surface area contributed by atoms with Crippen LogP contribution in [0.25, 0.3) is 0 Å². The van der Waals surface area contributed by atoms with Crippen molar-refractivity contribution in [2.45, 2.75) is 25.4 Å². The number of benzene rings is 1. The van der Waals surface area contributed by atoms with Crippen LogP contribution in [-0.2, 0) is 11.3 Å². The number of aromatic nitrogens is 2. The van der Waals surface area contributed by atoms with Crippen molar-refractivity contribution in [3.05, 3.63) is 52.8 Å². The first-order valence-corrected chi connectivity index (χ1v) is 7.73. The number of likely N-dealkylation sites (tertiary alicyclic amines) is 1. The normalized spacial score (nSPS) is 17.4. The molecule has 0 spiro atoms. The van der Waals surface area contributed by atoms with Crippen LogP contribution >= 0.6 is 11.6 Å². The molecule has 6 nitrogen and oxygen atoms in total. The van der Waals surface area contributed by atoms with E-state index in [0.717, 1.165) is 5.56 Å². The molecule has 0 aliphatic carbocycles. The molecule has 1 aromatic heterocycles. The van der Waals surface area contributed by atoms with Crippen molar-refractivity contribution < 1.29 is 14.7 Å². The van der Waals surface area contributed by atoms with Crippen LogP contribution < -0.4 is 0 Å². The predicted octanol–water partition coefficient (Wildman–Crippen LogP) is 2.27. The van der Waals surface area contributed by atoms with Crippen molar-refractivity contribution >= 4 is 23.5 Å². The molecule has 2 heterocycles. The first-order valence-electron chi connectivity index (χ1n) is 7.36. The highest BCUT2D eigenvalue weighted by Gasteiger charge is 2.34. The molecular formula is C16H16ClN3O3. The third-order valence-corrected chi connectivity index (χ3v) is 4.34. The third-order valence-electron chi connectivity index (χ3n) is 3.97. The maximum atomic E-state index is 12.5. The Hall–Kier alpha value is -2.34. The van der Waals surface area contributed by atoms with E-state index in [0.29, 0.717) is 36.5 Å². The van der Waals surface area contributed by atoms with Crippen LogP contribution in [0.4, 0.5) is 0 Å². The SMILES string of the molecule is O=C(O)[C@@H]1CCCN1C(=O)c1cnn(Cc2ccccc2Cl)c1. The molecule has 1 aliphatic rings. The molecule has 1 N–H and O–H groups in total. The number of aliphatic carboxylic acids is 1. The largest absolute Gasteiger partial charge is 0.480 e. The van der Waals surface area contributed by atoms with Crippen LogP contribution in [0, 0.1) is 0 Å². The molecule has 0 radical (unpaired) electrons. The molecular weight excluding hydrogens is 318 g/mol. The van der Waals surface area contributed by atoms with Gasteiger partial charge in [0.05, 0.1) is 18.3 Å². The quantitative estimate of drug-likeness (QED) is 0.931. The summed E-state index contributed by atoms with van der Waals surface area (Å²) < 4.78 is 1.63. The Morgan fingerprint density at radius 2 is 2.13 bits per heavy atom. The minimum Gasteiger partial charge on any atom is -0.480 e. The summed E-state index contributed by atoms with van der Waals surface area (Å²) in [6, 6.07) is 6.69. The first kappa shape index (κ1) is 15.6. The fourth-order valence-corrected chi connectivity index (χ4v) is 2.99. The summed E-state index contributed by atoms with van der Waals surface area (Å²) in [6.45, 7) is 0.917. The number of carbonyl (C=O) groups is 2. The van der Waals surface area contributed by atoms with Gasteiger partial charge < -0.3 is 10.0 Å². The maximum absolute atomic E-state index is 12.5. The standard InChI is InChI=1S/C16H16ClN3O3/c17-13-5-2-1-4-11(13)9-19-10-12(8-18-19)15(21)20-7-3-6-14(20)16(22)23/h1-2,4-5,8,10,14H,3,6-7,9H2,(H,22,23)/t14-/m0/s1. The van der Waals surface area contributed by atoms with Gasteiger partial charge in [-0.05, 0) is 24.5 Å². The second-order valence-electron chi connectivity index (χ2n) is 5.51. The van der Waals surface area contributed by atoms with Gasteiger partial charge in [-0.15, -0.1) is 0 Å². The van der Waals surface area contributed by atoms with Gasteiger partial charge in [-0.2, -0.15) is 5.10 Å². The van der Waals surface area contributed by atoms with Crippen LogP contribution in [-0.4, -0.2) is 44.3 Å². The minimum atomic E-state index is -0.959. The Kier molecular flexibility index (Phi) is 4.34. The molecule has 0 saturated carbocycles. The molecule has 23 heavy (non-hydrogen) atoms. The van der Waals surface area contributed by atoms with E-state index in [1.165, 1.54) is 11.1 Å². The maximum Gasteiger partial charge on any atom is 0.326 e. The van der Waals surface area contributed by atoms with Crippen LogP contribution in [0.15, 0.2) is 36.7 Å². The van der Waals surface area contributed by atoms with Crippen LogP contribution in [0.1, 0.15) is 28.8 Å². The van der Waals surface area contributed by atoms with Crippen molar-refractivity contribution in [3.63, 3.8) is 0 Å². The van der Waals surface area contributed by atoms with Gasteiger partial charge in [0.1, 0.15) is 6.04 Å². The number of carboxylic acids is 1. The molecule has 1 atom stereocenters. The van der Waals surface area contributed by atoms with E-state index in [9.17, 15) is 14.7 Å². The van der Waals surface area contributed by atoms with E-state index < -0.39 is 12.0 Å². The van der Waals surface area contributed by atoms with Crippen LogP contribution in [0.3, 0.4) is 0 Å². The van der Waals surface area contributed by atoms with E-state index in [2.05, 4.69) is 5.10 Å². The number of halogens is 1. The fraction of sp³-hybridized carbons (Fsp3) is 0.312. The molecule has 3 rings (SSSR count). The minimum absolute atomic E-state index is 0.291. The van der Waals surface area contributed by atoms with Gasteiger partial charge >= 0.3 is 5.97 Å². The second kappa shape index (κ2) is 6.42. The summed E-state index contributed by atoms with van der Waals surface area (Å²) in [4.78, 5) is 25.1. The zero-order valence-electron chi connectivity index (χ0n) is 12.4. The molecule has 1 amide bonds. The predicted molar refractivity (Wildman–Crippen MR) is 84.5 cm³/mol. The Morgan fingerprint density at radius 3 is 2.87 bits per heavy atom. The molecule has 2 aromatic rings. The molecule has 1 aliphatic heterocycles. The number of hydrogen-bond donors (Lipinski definition) is 1. The first-order chi connectivity index (χ1) is 11.1. The van der Waals surface area contributed by atoms with Crippen molar-refractivity contribution in [2.24, 2.45) is 0 Å².